The van der Waals surface area contributed by atoms with Gasteiger partial charge in [0.1, 0.15) is 11.5 Å². The lowest BCUT2D eigenvalue weighted by molar-refractivity contribution is -0.121. The van der Waals surface area contributed by atoms with E-state index in [-0.39, 0.29) is 29.5 Å². The van der Waals surface area contributed by atoms with Gasteiger partial charge in [0.05, 0.1) is 6.42 Å². The van der Waals surface area contributed by atoms with E-state index in [1.54, 1.807) is 36.4 Å². The third kappa shape index (κ3) is 5.63. The zero-order valence-electron chi connectivity index (χ0n) is 12.3. The van der Waals surface area contributed by atoms with Gasteiger partial charge in [-0.2, -0.15) is 0 Å². The summed E-state index contributed by atoms with van der Waals surface area (Å²) in [4.78, 5) is 23.5. The Kier molecular flexibility index (Phi) is 5.47. The van der Waals surface area contributed by atoms with Gasteiger partial charge in [0, 0.05) is 0 Å². The van der Waals surface area contributed by atoms with E-state index in [0.29, 0.717) is 5.56 Å². The quantitative estimate of drug-likeness (QED) is 0.634. The predicted molar refractivity (Wildman–Crippen MR) is 88.9 cm³/mol. The van der Waals surface area contributed by atoms with Gasteiger partial charge in [0.2, 0.25) is 0 Å². The first kappa shape index (κ1) is 16.2. The van der Waals surface area contributed by atoms with Crippen LogP contribution in [-0.4, -0.2) is 21.8 Å². The number of phenols is 2. The maximum absolute atomic E-state index is 11.7. The van der Waals surface area contributed by atoms with Gasteiger partial charge in [-0.05, 0) is 47.5 Å². The Morgan fingerprint density at radius 2 is 1.39 bits per heavy atom. The van der Waals surface area contributed by atoms with E-state index in [1.165, 1.54) is 36.4 Å². The molecule has 0 bridgehead atoms. The molecule has 2 rings (SSSR count). The molecule has 0 aliphatic carbocycles. The highest BCUT2D eigenvalue weighted by Gasteiger charge is 2.03. The monoisotopic (exact) mass is 308 g/mol. The summed E-state index contributed by atoms with van der Waals surface area (Å²) < 4.78 is 0. The van der Waals surface area contributed by atoms with Crippen molar-refractivity contribution in [2.75, 3.05) is 0 Å². The smallest absolute Gasteiger partial charge is 0.163 e. The van der Waals surface area contributed by atoms with Gasteiger partial charge < -0.3 is 10.2 Å². The van der Waals surface area contributed by atoms with E-state index >= 15 is 0 Å². The van der Waals surface area contributed by atoms with Gasteiger partial charge in [-0.25, -0.2) is 0 Å². The van der Waals surface area contributed by atoms with Gasteiger partial charge >= 0.3 is 0 Å². The molecule has 2 N–H and O–H groups in total. The van der Waals surface area contributed by atoms with Crippen molar-refractivity contribution in [1.82, 2.24) is 0 Å². The van der Waals surface area contributed by atoms with Crippen LogP contribution >= 0.6 is 0 Å². The lowest BCUT2D eigenvalue weighted by Gasteiger charge is -1.95. The lowest BCUT2D eigenvalue weighted by atomic mass is 10.1. The van der Waals surface area contributed by atoms with Crippen molar-refractivity contribution >= 4 is 23.7 Å². The maximum atomic E-state index is 11.7. The second-order valence-electron chi connectivity index (χ2n) is 4.96. The molecule has 0 saturated carbocycles. The minimum atomic E-state index is -0.311. The number of rotatable bonds is 6. The molecule has 4 nitrogen and oxygen atoms in total. The molecular formula is C19H16O4. The van der Waals surface area contributed by atoms with Gasteiger partial charge in [0.15, 0.2) is 11.6 Å². The summed E-state index contributed by atoms with van der Waals surface area (Å²) in [6.07, 6.45) is 5.59. The van der Waals surface area contributed by atoms with Crippen LogP contribution in [0.5, 0.6) is 11.5 Å². The summed E-state index contributed by atoms with van der Waals surface area (Å²) in [6, 6.07) is 12.9. The van der Waals surface area contributed by atoms with E-state index in [9.17, 15) is 14.7 Å². The van der Waals surface area contributed by atoms with Gasteiger partial charge in [-0.3, -0.25) is 9.59 Å². The zero-order valence-corrected chi connectivity index (χ0v) is 12.3. The molecule has 0 amide bonds. The number of carbonyl (C=O) groups is 2. The van der Waals surface area contributed by atoms with Crippen molar-refractivity contribution in [3.8, 4) is 11.5 Å². The molecule has 0 aliphatic heterocycles. The Hall–Kier alpha value is -3.14. The van der Waals surface area contributed by atoms with E-state index in [1.807, 2.05) is 0 Å². The fourth-order valence-electron chi connectivity index (χ4n) is 1.88. The third-order valence-corrected chi connectivity index (χ3v) is 3.04. The molecule has 0 unspecified atom stereocenters. The highest BCUT2D eigenvalue weighted by atomic mass is 16.3. The lowest BCUT2D eigenvalue weighted by Crippen LogP contribution is -2.01. The summed E-state index contributed by atoms with van der Waals surface area (Å²) in [5.74, 6) is -0.342. The van der Waals surface area contributed by atoms with Crippen LogP contribution in [0.2, 0.25) is 0 Å². The van der Waals surface area contributed by atoms with Crippen LogP contribution in [0.15, 0.2) is 60.7 Å². The Balaban J connectivity index is 1.89. The average Bonchev–Trinajstić information content (AvgIpc) is 2.52. The van der Waals surface area contributed by atoms with Crippen molar-refractivity contribution in [1.29, 1.82) is 0 Å². The molecule has 2 aromatic carbocycles. The van der Waals surface area contributed by atoms with E-state index in [0.717, 1.165) is 5.56 Å². The summed E-state index contributed by atoms with van der Waals surface area (Å²) in [7, 11) is 0. The molecule has 23 heavy (non-hydrogen) atoms. The molecule has 4 heteroatoms. The summed E-state index contributed by atoms with van der Waals surface area (Å²) in [6.45, 7) is 0. The molecule has 0 saturated heterocycles. The van der Waals surface area contributed by atoms with Crippen molar-refractivity contribution in [2.24, 2.45) is 0 Å². The fourth-order valence-corrected chi connectivity index (χ4v) is 1.88. The number of allylic oxidation sites excluding steroid dienone is 2. The number of carbonyl (C=O) groups excluding carboxylic acids is 2. The Morgan fingerprint density at radius 3 is 2.00 bits per heavy atom. The number of phenolic OH excluding ortho intramolecular Hbond substituents is 2. The first-order chi connectivity index (χ1) is 11.0. The van der Waals surface area contributed by atoms with Crippen LogP contribution in [0, 0.1) is 0 Å². The topological polar surface area (TPSA) is 74.6 Å². The molecule has 0 spiro atoms. The normalized spacial score (nSPS) is 11.1. The SMILES string of the molecule is O=C(/C=C/c1ccc(O)cc1)CC(=O)/C=C/c1cccc(O)c1. The van der Waals surface area contributed by atoms with Crippen LogP contribution in [-0.2, 0) is 9.59 Å². The molecule has 0 atom stereocenters. The van der Waals surface area contributed by atoms with Crippen molar-refractivity contribution in [3.63, 3.8) is 0 Å². The molecule has 0 aliphatic rings. The highest BCUT2D eigenvalue weighted by molar-refractivity contribution is 6.10. The highest BCUT2D eigenvalue weighted by Crippen LogP contribution is 2.13. The fraction of sp³-hybridized carbons (Fsp3) is 0.0526. The summed E-state index contributed by atoms with van der Waals surface area (Å²) in [5, 5.41) is 18.5. The minimum absolute atomic E-state index is 0.118. The van der Waals surface area contributed by atoms with Crippen molar-refractivity contribution < 1.29 is 19.8 Å². The first-order valence-electron chi connectivity index (χ1n) is 7.03. The molecule has 0 fully saturated rings. The van der Waals surface area contributed by atoms with Crippen LogP contribution in [0.1, 0.15) is 17.5 Å². The second kappa shape index (κ2) is 7.75. The zero-order chi connectivity index (χ0) is 16.7. The molecular weight excluding hydrogens is 292 g/mol. The van der Waals surface area contributed by atoms with Crippen LogP contribution in [0.3, 0.4) is 0 Å². The maximum Gasteiger partial charge on any atom is 0.163 e. The summed E-state index contributed by atoms with van der Waals surface area (Å²) in [5.41, 5.74) is 1.45. The second-order valence-corrected chi connectivity index (χ2v) is 4.96. The van der Waals surface area contributed by atoms with Crippen molar-refractivity contribution in [2.45, 2.75) is 6.42 Å². The Morgan fingerprint density at radius 1 is 0.783 bits per heavy atom. The van der Waals surface area contributed by atoms with E-state index in [4.69, 9.17) is 5.11 Å². The molecule has 116 valence electrons. The number of ketones is 2. The van der Waals surface area contributed by atoms with Crippen LogP contribution in [0.4, 0.5) is 0 Å². The number of hydrogen-bond donors (Lipinski definition) is 2. The Bertz CT molecular complexity index is 755. The minimum Gasteiger partial charge on any atom is -0.508 e. The average molecular weight is 308 g/mol. The largest absolute Gasteiger partial charge is 0.508 e. The van der Waals surface area contributed by atoms with Crippen LogP contribution in [0.25, 0.3) is 12.2 Å². The van der Waals surface area contributed by atoms with E-state index < -0.39 is 0 Å². The molecule has 0 heterocycles. The number of hydrogen-bond acceptors (Lipinski definition) is 4. The first-order valence-corrected chi connectivity index (χ1v) is 7.03. The molecule has 0 aromatic heterocycles. The van der Waals surface area contributed by atoms with Gasteiger partial charge in [0.25, 0.3) is 0 Å². The van der Waals surface area contributed by atoms with Crippen LogP contribution < -0.4 is 0 Å². The molecule has 0 radical (unpaired) electrons. The number of benzene rings is 2. The third-order valence-electron chi connectivity index (χ3n) is 3.04. The Labute approximate surface area is 134 Å². The molecule has 2 aromatic rings. The van der Waals surface area contributed by atoms with Gasteiger partial charge in [-0.1, -0.05) is 36.4 Å². The van der Waals surface area contributed by atoms with E-state index in [2.05, 4.69) is 0 Å². The van der Waals surface area contributed by atoms with Crippen molar-refractivity contribution in [3.05, 3.63) is 71.8 Å². The number of aromatic hydroxyl groups is 2. The van der Waals surface area contributed by atoms with Gasteiger partial charge in [-0.15, -0.1) is 0 Å². The summed E-state index contributed by atoms with van der Waals surface area (Å²) >= 11 is 0. The predicted octanol–water partition coefficient (Wildman–Crippen LogP) is 3.35. The standard InChI is InChI=1S/C19H16O4/c20-16-8-4-14(5-9-16)6-10-18(22)13-19(23)11-7-15-2-1-3-17(21)12-15/h1-12,20-21H,13H2/b10-6+,11-7+.